The van der Waals surface area contributed by atoms with Crippen LogP contribution >= 0.6 is 15.9 Å². The summed E-state index contributed by atoms with van der Waals surface area (Å²) in [5.74, 6) is 0.538. The zero-order chi connectivity index (χ0) is 16.3. The summed E-state index contributed by atoms with van der Waals surface area (Å²) in [6.45, 7) is 0. The normalized spacial score (nSPS) is 11.6. The molecular weight excluding hydrogens is 362 g/mol. The largest absolute Gasteiger partial charge is 0.360 e. The summed E-state index contributed by atoms with van der Waals surface area (Å²) in [4.78, 5) is 35.0. The molecule has 0 atom stereocenters. The third-order valence-corrected chi connectivity index (χ3v) is 4.67. The monoisotopic (exact) mass is 373 g/mol. The highest BCUT2D eigenvalue weighted by atomic mass is 79.9. The summed E-state index contributed by atoms with van der Waals surface area (Å²) < 4.78 is 3.35. The van der Waals surface area contributed by atoms with Crippen LogP contribution in [0.2, 0.25) is 0 Å². The lowest BCUT2D eigenvalue weighted by Crippen LogP contribution is -2.36. The molecule has 0 aliphatic carbocycles. The van der Waals surface area contributed by atoms with Gasteiger partial charge in [-0.1, -0.05) is 22.0 Å². The Balaban J connectivity index is 2.11. The van der Waals surface area contributed by atoms with Gasteiger partial charge in [-0.2, -0.15) is 0 Å². The van der Waals surface area contributed by atoms with E-state index >= 15 is 0 Å². The Bertz CT molecular complexity index is 1190. The number of halogens is 1. The number of aryl methyl sites for hydroxylation is 1. The van der Waals surface area contributed by atoms with Gasteiger partial charge in [-0.3, -0.25) is 13.9 Å². The Morgan fingerprint density at radius 2 is 1.96 bits per heavy atom. The standard InChI is InChI=1S/C15H12BrN5O2/c1-20-13-11(14(22)21(2)15(20)23)18-12(19-13)7-6-17-9-5-3-4-8(16)10(7)9/h3-6,17H,1-2H3,(H,18,19). The summed E-state index contributed by atoms with van der Waals surface area (Å²) in [7, 11) is 3.05. The van der Waals surface area contributed by atoms with Gasteiger partial charge in [0.05, 0.1) is 0 Å². The van der Waals surface area contributed by atoms with Crippen LogP contribution in [0.15, 0.2) is 38.5 Å². The van der Waals surface area contributed by atoms with Gasteiger partial charge in [-0.05, 0) is 12.1 Å². The van der Waals surface area contributed by atoms with Crippen LogP contribution in [-0.4, -0.2) is 24.1 Å². The number of aromatic amines is 2. The fraction of sp³-hybridized carbons (Fsp3) is 0.133. The van der Waals surface area contributed by atoms with Crippen molar-refractivity contribution in [3.63, 3.8) is 0 Å². The molecule has 3 aromatic heterocycles. The van der Waals surface area contributed by atoms with Gasteiger partial charge in [-0.15, -0.1) is 0 Å². The average Bonchev–Trinajstić information content (AvgIpc) is 3.15. The molecular formula is C15H12BrN5O2. The highest BCUT2D eigenvalue weighted by Crippen LogP contribution is 2.32. The fourth-order valence-corrected chi connectivity index (χ4v) is 3.36. The predicted molar refractivity (Wildman–Crippen MR) is 91.6 cm³/mol. The number of nitrogens with one attached hydrogen (secondary N) is 2. The van der Waals surface area contributed by atoms with Crippen LogP contribution in [0.3, 0.4) is 0 Å². The molecule has 3 heterocycles. The summed E-state index contributed by atoms with van der Waals surface area (Å²) in [6, 6.07) is 5.84. The van der Waals surface area contributed by atoms with E-state index < -0.39 is 5.69 Å². The number of imidazole rings is 1. The van der Waals surface area contributed by atoms with E-state index in [1.807, 2.05) is 24.4 Å². The Morgan fingerprint density at radius 3 is 2.74 bits per heavy atom. The number of aromatic nitrogens is 5. The molecule has 2 N–H and O–H groups in total. The number of hydrogen-bond donors (Lipinski definition) is 2. The van der Waals surface area contributed by atoms with Crippen molar-refractivity contribution in [3.05, 3.63) is 49.7 Å². The van der Waals surface area contributed by atoms with Gasteiger partial charge in [0.15, 0.2) is 5.65 Å². The smallest absolute Gasteiger partial charge is 0.332 e. The molecule has 4 aromatic rings. The number of benzene rings is 1. The van der Waals surface area contributed by atoms with E-state index in [4.69, 9.17) is 0 Å². The minimum absolute atomic E-state index is 0.311. The van der Waals surface area contributed by atoms with Crippen LogP contribution < -0.4 is 11.2 Å². The van der Waals surface area contributed by atoms with E-state index in [1.165, 1.54) is 11.6 Å². The molecule has 0 spiro atoms. The lowest BCUT2D eigenvalue weighted by molar-refractivity contribution is 0.709. The maximum Gasteiger partial charge on any atom is 0.332 e. The Kier molecular flexibility index (Phi) is 2.86. The van der Waals surface area contributed by atoms with Crippen molar-refractivity contribution in [1.29, 1.82) is 0 Å². The van der Waals surface area contributed by atoms with Gasteiger partial charge in [-0.25, -0.2) is 9.78 Å². The Hall–Kier alpha value is -2.61. The second kappa shape index (κ2) is 4.69. The topological polar surface area (TPSA) is 88.5 Å². The van der Waals surface area contributed by atoms with Crippen LogP contribution in [0.25, 0.3) is 33.5 Å². The number of nitrogens with zero attached hydrogens (tertiary/aromatic N) is 3. The van der Waals surface area contributed by atoms with Crippen molar-refractivity contribution < 1.29 is 0 Å². The molecule has 0 aliphatic rings. The maximum absolute atomic E-state index is 12.3. The second-order valence-corrected chi connectivity index (χ2v) is 6.21. The fourth-order valence-electron chi connectivity index (χ4n) is 2.78. The van der Waals surface area contributed by atoms with Crippen LogP contribution in [-0.2, 0) is 14.1 Å². The van der Waals surface area contributed by atoms with Crippen molar-refractivity contribution in [2.45, 2.75) is 0 Å². The number of H-pyrrole nitrogens is 2. The molecule has 8 heteroatoms. The van der Waals surface area contributed by atoms with Gasteiger partial charge in [0.2, 0.25) is 0 Å². The third kappa shape index (κ3) is 1.84. The minimum atomic E-state index is -0.402. The molecule has 0 saturated heterocycles. The van der Waals surface area contributed by atoms with Gasteiger partial charge in [0.25, 0.3) is 5.56 Å². The molecule has 7 nitrogen and oxygen atoms in total. The summed E-state index contributed by atoms with van der Waals surface area (Å²) in [5.41, 5.74) is 1.65. The molecule has 1 aromatic carbocycles. The van der Waals surface area contributed by atoms with Gasteiger partial charge in [0.1, 0.15) is 11.3 Å². The number of rotatable bonds is 1. The van der Waals surface area contributed by atoms with Crippen molar-refractivity contribution in [3.8, 4) is 11.4 Å². The Morgan fingerprint density at radius 1 is 1.17 bits per heavy atom. The van der Waals surface area contributed by atoms with E-state index in [-0.39, 0.29) is 5.56 Å². The zero-order valence-electron chi connectivity index (χ0n) is 12.3. The molecule has 0 radical (unpaired) electrons. The Labute approximate surface area is 137 Å². The summed E-state index contributed by atoms with van der Waals surface area (Å²) in [5, 5.41) is 0.966. The second-order valence-electron chi connectivity index (χ2n) is 5.35. The van der Waals surface area contributed by atoms with Crippen LogP contribution in [0.4, 0.5) is 0 Å². The molecule has 0 unspecified atom stereocenters. The van der Waals surface area contributed by atoms with Crippen LogP contribution in [0.1, 0.15) is 0 Å². The molecule has 0 amide bonds. The van der Waals surface area contributed by atoms with Gasteiger partial charge in [0, 0.05) is 41.2 Å². The maximum atomic E-state index is 12.3. The molecule has 0 fully saturated rings. The van der Waals surface area contributed by atoms with E-state index in [1.54, 1.807) is 7.05 Å². The molecule has 0 aliphatic heterocycles. The molecule has 4 rings (SSSR count). The van der Waals surface area contributed by atoms with Gasteiger partial charge >= 0.3 is 5.69 Å². The zero-order valence-corrected chi connectivity index (χ0v) is 13.9. The lowest BCUT2D eigenvalue weighted by Gasteiger charge is -2.00. The van der Waals surface area contributed by atoms with Crippen molar-refractivity contribution in [2.75, 3.05) is 0 Å². The molecule has 0 bridgehead atoms. The molecule has 116 valence electrons. The van der Waals surface area contributed by atoms with Crippen molar-refractivity contribution >= 4 is 38.0 Å². The van der Waals surface area contributed by atoms with E-state index in [0.717, 1.165) is 25.5 Å². The SMILES string of the molecule is Cn1c(=O)c2[nH]c(-c3c[nH]c4cccc(Br)c34)nc2n(C)c1=O. The van der Waals surface area contributed by atoms with Crippen molar-refractivity contribution in [1.82, 2.24) is 24.1 Å². The van der Waals surface area contributed by atoms with Crippen LogP contribution in [0.5, 0.6) is 0 Å². The van der Waals surface area contributed by atoms with Crippen LogP contribution in [0, 0.1) is 0 Å². The lowest BCUT2D eigenvalue weighted by atomic mass is 10.2. The van der Waals surface area contributed by atoms with E-state index in [0.29, 0.717) is 17.0 Å². The quantitative estimate of drug-likeness (QED) is 0.533. The van der Waals surface area contributed by atoms with Crippen molar-refractivity contribution in [2.24, 2.45) is 14.1 Å². The molecule has 23 heavy (non-hydrogen) atoms. The van der Waals surface area contributed by atoms with Gasteiger partial charge < -0.3 is 9.97 Å². The van der Waals surface area contributed by atoms with E-state index in [9.17, 15) is 9.59 Å². The first kappa shape index (κ1) is 14.0. The molecule has 0 saturated carbocycles. The average molecular weight is 374 g/mol. The van der Waals surface area contributed by atoms with E-state index in [2.05, 4.69) is 30.9 Å². The first-order chi connectivity index (χ1) is 11.0. The highest BCUT2D eigenvalue weighted by Gasteiger charge is 2.17. The first-order valence-corrected chi connectivity index (χ1v) is 7.70. The number of hydrogen-bond acceptors (Lipinski definition) is 3. The summed E-state index contributed by atoms with van der Waals surface area (Å²) >= 11 is 3.54. The number of fused-ring (bicyclic) bond motifs is 2. The predicted octanol–water partition coefficient (Wildman–Crippen LogP) is 1.87. The minimum Gasteiger partial charge on any atom is -0.360 e. The summed E-state index contributed by atoms with van der Waals surface area (Å²) in [6.07, 6.45) is 1.83. The highest BCUT2D eigenvalue weighted by molar-refractivity contribution is 9.10. The third-order valence-electron chi connectivity index (χ3n) is 4.00. The first-order valence-electron chi connectivity index (χ1n) is 6.90.